The Morgan fingerprint density at radius 1 is 1.09 bits per heavy atom. The molecule has 0 radical (unpaired) electrons. The zero-order chi connectivity index (χ0) is 16.2. The number of rotatable bonds is 5. The number of fused-ring (bicyclic) bond motifs is 1. The highest BCUT2D eigenvalue weighted by Gasteiger charge is 2.08. The van der Waals surface area contributed by atoms with E-state index in [9.17, 15) is 14.7 Å². The van der Waals surface area contributed by atoms with E-state index in [4.69, 9.17) is 0 Å². The molecule has 116 valence electrons. The number of hydrogen-bond acceptors (Lipinski definition) is 3. The second-order valence-electron chi connectivity index (χ2n) is 5.22. The third-order valence-corrected chi connectivity index (χ3v) is 3.74. The molecule has 1 aromatic heterocycles. The van der Waals surface area contributed by atoms with Crippen LogP contribution in [0.1, 0.15) is 16.9 Å². The molecule has 23 heavy (non-hydrogen) atoms. The molecule has 0 saturated carbocycles. The molecule has 5 nitrogen and oxygen atoms in total. The van der Waals surface area contributed by atoms with Crippen molar-refractivity contribution in [2.75, 3.05) is 5.32 Å². The van der Waals surface area contributed by atoms with Crippen molar-refractivity contribution in [3.63, 3.8) is 0 Å². The summed E-state index contributed by atoms with van der Waals surface area (Å²) in [5, 5.41) is 14.2. The number of hydrogen-bond donors (Lipinski definition) is 2. The van der Waals surface area contributed by atoms with Gasteiger partial charge in [-0.2, -0.15) is 0 Å². The average Bonchev–Trinajstić information content (AvgIpc) is 3.01. The number of carbonyl (C=O) groups is 2. The molecule has 0 bridgehead atoms. The minimum absolute atomic E-state index is 0.147. The predicted octanol–water partition coefficient (Wildman–Crippen LogP) is 3.19. The van der Waals surface area contributed by atoms with Gasteiger partial charge in [0.15, 0.2) is 6.29 Å². The summed E-state index contributed by atoms with van der Waals surface area (Å²) in [4.78, 5) is 23.0. The van der Waals surface area contributed by atoms with E-state index in [-0.39, 0.29) is 18.1 Å². The van der Waals surface area contributed by atoms with Gasteiger partial charge in [0.05, 0.1) is 5.69 Å². The lowest BCUT2D eigenvalue weighted by molar-refractivity contribution is -0.116. The van der Waals surface area contributed by atoms with E-state index in [1.165, 1.54) is 0 Å². The van der Waals surface area contributed by atoms with Crippen LogP contribution in [-0.4, -0.2) is 21.9 Å². The fraction of sp³-hybridized carbons (Fsp3) is 0.111. The molecule has 0 aliphatic heterocycles. The van der Waals surface area contributed by atoms with E-state index in [1.54, 1.807) is 53.2 Å². The molecule has 2 aromatic carbocycles. The Hall–Kier alpha value is -3.08. The molecular weight excluding hydrogens is 292 g/mol. The number of anilines is 1. The summed E-state index contributed by atoms with van der Waals surface area (Å²) in [5.74, 6) is 0.0351. The Balaban J connectivity index is 1.73. The summed E-state index contributed by atoms with van der Waals surface area (Å²) in [6, 6.07) is 14.1. The first-order valence-electron chi connectivity index (χ1n) is 7.30. The Morgan fingerprint density at radius 3 is 2.70 bits per heavy atom. The molecule has 0 atom stereocenters. The van der Waals surface area contributed by atoms with Gasteiger partial charge in [0.25, 0.3) is 0 Å². The molecule has 5 heteroatoms. The number of phenols is 1. The largest absolute Gasteiger partial charge is 0.507 e. The van der Waals surface area contributed by atoms with Crippen molar-refractivity contribution in [1.82, 2.24) is 4.57 Å². The quantitative estimate of drug-likeness (QED) is 0.711. The van der Waals surface area contributed by atoms with Gasteiger partial charge in [0.1, 0.15) is 5.75 Å². The van der Waals surface area contributed by atoms with Gasteiger partial charge in [-0.25, -0.2) is 0 Å². The molecular formula is C18H16N2O3. The molecule has 3 aromatic rings. The van der Waals surface area contributed by atoms with Crippen molar-refractivity contribution < 1.29 is 14.7 Å². The summed E-state index contributed by atoms with van der Waals surface area (Å²) < 4.78 is 1.74. The van der Waals surface area contributed by atoms with E-state index >= 15 is 0 Å². The highest BCUT2D eigenvalue weighted by atomic mass is 16.3. The van der Waals surface area contributed by atoms with Gasteiger partial charge in [-0.05, 0) is 24.3 Å². The maximum Gasteiger partial charge on any atom is 0.226 e. The minimum Gasteiger partial charge on any atom is -0.507 e. The van der Waals surface area contributed by atoms with Gasteiger partial charge < -0.3 is 15.0 Å². The van der Waals surface area contributed by atoms with Gasteiger partial charge in [-0.15, -0.1) is 0 Å². The summed E-state index contributed by atoms with van der Waals surface area (Å²) in [6.07, 6.45) is 2.79. The molecule has 1 amide bonds. The zero-order valence-corrected chi connectivity index (χ0v) is 12.4. The van der Waals surface area contributed by atoms with E-state index in [0.717, 1.165) is 11.7 Å². The van der Waals surface area contributed by atoms with E-state index < -0.39 is 0 Å². The number of carbonyl (C=O) groups excluding carboxylic acids is 2. The lowest BCUT2D eigenvalue weighted by atomic mass is 10.1. The Labute approximate surface area is 133 Å². The van der Waals surface area contributed by atoms with Gasteiger partial charge in [0.2, 0.25) is 5.91 Å². The molecule has 0 unspecified atom stereocenters. The molecule has 0 aliphatic rings. The number of nitrogens with one attached hydrogen (secondary N) is 1. The van der Waals surface area contributed by atoms with Crippen LogP contribution < -0.4 is 5.32 Å². The van der Waals surface area contributed by atoms with Crippen molar-refractivity contribution in [1.29, 1.82) is 0 Å². The van der Waals surface area contributed by atoms with Gasteiger partial charge in [0, 0.05) is 35.6 Å². The number of amides is 1. The number of benzene rings is 2. The van der Waals surface area contributed by atoms with Crippen molar-refractivity contribution in [2.45, 2.75) is 13.0 Å². The lowest BCUT2D eigenvalue weighted by Crippen LogP contribution is -2.15. The van der Waals surface area contributed by atoms with Crippen molar-refractivity contribution in [3.05, 3.63) is 60.4 Å². The smallest absolute Gasteiger partial charge is 0.226 e. The van der Waals surface area contributed by atoms with Crippen LogP contribution in [0.5, 0.6) is 5.75 Å². The predicted molar refractivity (Wildman–Crippen MR) is 88.7 cm³/mol. The highest BCUT2D eigenvalue weighted by Crippen LogP contribution is 2.29. The number of aldehydes is 1. The summed E-state index contributed by atoms with van der Waals surface area (Å²) in [7, 11) is 0. The molecule has 1 heterocycles. The van der Waals surface area contributed by atoms with Crippen molar-refractivity contribution in [2.24, 2.45) is 0 Å². The lowest BCUT2D eigenvalue weighted by Gasteiger charge is -2.10. The second kappa shape index (κ2) is 6.36. The third-order valence-electron chi connectivity index (χ3n) is 3.74. The average molecular weight is 308 g/mol. The Kier molecular flexibility index (Phi) is 4.10. The van der Waals surface area contributed by atoms with Gasteiger partial charge >= 0.3 is 0 Å². The first kappa shape index (κ1) is 14.8. The maximum atomic E-state index is 12.2. The van der Waals surface area contributed by atoms with E-state index in [2.05, 4.69) is 5.32 Å². The maximum absolute atomic E-state index is 12.2. The topological polar surface area (TPSA) is 71.3 Å². The monoisotopic (exact) mass is 308 g/mol. The van der Waals surface area contributed by atoms with Crippen LogP contribution in [-0.2, 0) is 11.3 Å². The SMILES string of the molecule is O=Cc1cccn1CCC(=O)Nc1cccc2c(O)cccc12. The molecule has 3 rings (SSSR count). The fourth-order valence-corrected chi connectivity index (χ4v) is 2.58. The standard InChI is InChI=1S/C18H16N2O3/c21-12-13-4-3-10-20(13)11-9-18(23)19-16-7-1-6-15-14(16)5-2-8-17(15)22/h1-8,10,12,22H,9,11H2,(H,19,23). The Morgan fingerprint density at radius 2 is 1.87 bits per heavy atom. The first-order chi connectivity index (χ1) is 11.2. The van der Waals surface area contributed by atoms with Crippen LogP contribution in [0.4, 0.5) is 5.69 Å². The summed E-state index contributed by atoms with van der Waals surface area (Å²) in [6.45, 7) is 0.433. The molecule has 0 spiro atoms. The number of aryl methyl sites for hydroxylation is 1. The number of phenolic OH excluding ortho intramolecular Hbond substituents is 1. The summed E-state index contributed by atoms with van der Waals surface area (Å²) >= 11 is 0. The van der Waals surface area contributed by atoms with Crippen LogP contribution in [0, 0.1) is 0 Å². The number of aromatic nitrogens is 1. The summed E-state index contributed by atoms with van der Waals surface area (Å²) in [5.41, 5.74) is 1.21. The van der Waals surface area contributed by atoms with Crippen LogP contribution in [0.15, 0.2) is 54.7 Å². The molecule has 2 N–H and O–H groups in total. The molecule has 0 saturated heterocycles. The van der Waals surface area contributed by atoms with Gasteiger partial charge in [-0.3, -0.25) is 9.59 Å². The molecule has 0 fully saturated rings. The van der Waals surface area contributed by atoms with Crippen LogP contribution in [0.25, 0.3) is 10.8 Å². The van der Waals surface area contributed by atoms with Crippen molar-refractivity contribution >= 4 is 28.7 Å². The number of nitrogens with zero attached hydrogens (tertiary/aromatic N) is 1. The van der Waals surface area contributed by atoms with E-state index in [1.807, 2.05) is 6.07 Å². The zero-order valence-electron chi connectivity index (χ0n) is 12.4. The van der Waals surface area contributed by atoms with E-state index in [0.29, 0.717) is 23.3 Å². The fourth-order valence-electron chi connectivity index (χ4n) is 2.58. The minimum atomic E-state index is -0.147. The number of aromatic hydroxyl groups is 1. The normalized spacial score (nSPS) is 10.6. The van der Waals surface area contributed by atoms with Crippen molar-refractivity contribution in [3.8, 4) is 5.75 Å². The van der Waals surface area contributed by atoms with Crippen LogP contribution >= 0.6 is 0 Å². The second-order valence-corrected chi connectivity index (χ2v) is 5.22. The Bertz CT molecular complexity index is 868. The van der Waals surface area contributed by atoms with Crippen LogP contribution in [0.3, 0.4) is 0 Å². The van der Waals surface area contributed by atoms with Crippen LogP contribution in [0.2, 0.25) is 0 Å². The van der Waals surface area contributed by atoms with Gasteiger partial charge in [-0.1, -0.05) is 24.3 Å². The highest BCUT2D eigenvalue weighted by molar-refractivity contribution is 6.03. The molecule has 0 aliphatic carbocycles. The first-order valence-corrected chi connectivity index (χ1v) is 7.30. The third kappa shape index (κ3) is 3.08.